The molecule has 0 radical (unpaired) electrons. The lowest BCUT2D eigenvalue weighted by Gasteiger charge is -2.17. The maximum atomic E-state index is 12.1. The summed E-state index contributed by atoms with van der Waals surface area (Å²) in [4.78, 5) is 20.5. The molecule has 1 atom stereocenters. The van der Waals surface area contributed by atoms with E-state index in [4.69, 9.17) is 11.6 Å². The van der Waals surface area contributed by atoms with Crippen LogP contribution in [0.5, 0.6) is 0 Å². The molecule has 9 heteroatoms. The summed E-state index contributed by atoms with van der Waals surface area (Å²) in [7, 11) is 3.23. The zero-order valence-electron chi connectivity index (χ0n) is 15.5. The number of benzene rings is 1. The Kier molecular flexibility index (Phi) is 6.13. The monoisotopic (exact) mass is 400 g/mol. The number of halogens is 1. The minimum Gasteiger partial charge on any atom is -0.372 e. The van der Waals surface area contributed by atoms with Crippen molar-refractivity contribution in [2.75, 3.05) is 24.7 Å². The number of hydrogen-bond acceptors (Lipinski definition) is 6. The van der Waals surface area contributed by atoms with Gasteiger partial charge in [0.05, 0.1) is 24.8 Å². The summed E-state index contributed by atoms with van der Waals surface area (Å²) in [5.74, 6) is 0.151. The lowest BCUT2D eigenvalue weighted by molar-refractivity contribution is 0.0950. The molecule has 3 aromatic rings. The number of aromatic nitrogens is 3. The number of pyridine rings is 1. The van der Waals surface area contributed by atoms with Crippen LogP contribution in [0.2, 0.25) is 5.02 Å². The first-order valence-electron chi connectivity index (χ1n) is 8.62. The number of anilines is 2. The maximum absolute atomic E-state index is 12.1. The topological polar surface area (TPSA) is 104 Å². The second-order valence-electron chi connectivity index (χ2n) is 6.05. The Balaban J connectivity index is 1.75. The molecule has 0 fully saturated rings. The Morgan fingerprint density at radius 3 is 2.64 bits per heavy atom. The number of nitrogens with one attached hydrogen (secondary N) is 3. The molecule has 146 valence electrons. The largest absolute Gasteiger partial charge is 0.372 e. The van der Waals surface area contributed by atoms with Crippen LogP contribution in [-0.2, 0) is 6.54 Å². The molecule has 4 N–H and O–H groups in total. The molecule has 2 heterocycles. The molecular formula is C19H21ClN6O2. The van der Waals surface area contributed by atoms with Crippen molar-refractivity contribution >= 4 is 29.0 Å². The summed E-state index contributed by atoms with van der Waals surface area (Å²) in [5.41, 5.74) is 2.85. The van der Waals surface area contributed by atoms with Crippen LogP contribution in [0.4, 0.5) is 11.5 Å². The third kappa shape index (κ3) is 4.41. The average molecular weight is 401 g/mol. The summed E-state index contributed by atoms with van der Waals surface area (Å²) < 4.78 is 1.58. The van der Waals surface area contributed by atoms with Crippen LogP contribution in [0.3, 0.4) is 0 Å². The van der Waals surface area contributed by atoms with E-state index in [0.29, 0.717) is 22.2 Å². The lowest BCUT2D eigenvalue weighted by Crippen LogP contribution is -2.29. The zero-order valence-corrected chi connectivity index (χ0v) is 16.2. The van der Waals surface area contributed by atoms with Crippen LogP contribution in [0.15, 0.2) is 49.1 Å². The van der Waals surface area contributed by atoms with Crippen LogP contribution >= 0.6 is 11.6 Å². The van der Waals surface area contributed by atoms with Gasteiger partial charge in [0, 0.05) is 30.9 Å². The molecule has 1 aromatic carbocycles. The van der Waals surface area contributed by atoms with E-state index in [1.54, 1.807) is 31.1 Å². The number of rotatable bonds is 7. The van der Waals surface area contributed by atoms with Crippen molar-refractivity contribution in [1.82, 2.24) is 19.9 Å². The number of amides is 1. The van der Waals surface area contributed by atoms with Gasteiger partial charge in [-0.05, 0) is 23.8 Å². The van der Waals surface area contributed by atoms with Gasteiger partial charge < -0.3 is 25.6 Å². The number of nitrogens with zero attached hydrogens (tertiary/aromatic N) is 3. The van der Waals surface area contributed by atoms with E-state index in [-0.39, 0.29) is 12.5 Å². The van der Waals surface area contributed by atoms with Crippen molar-refractivity contribution in [2.24, 2.45) is 0 Å². The van der Waals surface area contributed by atoms with E-state index in [2.05, 4.69) is 25.9 Å². The van der Waals surface area contributed by atoms with Gasteiger partial charge in [0.1, 0.15) is 6.23 Å². The van der Waals surface area contributed by atoms with Gasteiger partial charge in [0.15, 0.2) is 11.5 Å². The number of carbonyl (C=O) groups excluding carboxylic acids is 1. The summed E-state index contributed by atoms with van der Waals surface area (Å²) in [6, 6.07) is 9.31. The van der Waals surface area contributed by atoms with Crippen molar-refractivity contribution in [1.29, 1.82) is 0 Å². The van der Waals surface area contributed by atoms with Gasteiger partial charge in [-0.25, -0.2) is 4.98 Å². The molecule has 8 nitrogen and oxygen atoms in total. The molecule has 1 amide bonds. The number of aliphatic hydroxyl groups is 1. The molecule has 0 spiro atoms. The molecule has 0 saturated carbocycles. The fourth-order valence-corrected chi connectivity index (χ4v) is 2.93. The lowest BCUT2D eigenvalue weighted by atomic mass is 10.1. The van der Waals surface area contributed by atoms with E-state index in [9.17, 15) is 9.90 Å². The predicted molar refractivity (Wildman–Crippen MR) is 109 cm³/mol. The number of aliphatic hydroxyl groups excluding tert-OH is 1. The average Bonchev–Trinajstić information content (AvgIpc) is 3.10. The molecular weight excluding hydrogens is 380 g/mol. The van der Waals surface area contributed by atoms with E-state index in [0.717, 1.165) is 11.1 Å². The molecule has 0 aliphatic carbocycles. The highest BCUT2D eigenvalue weighted by molar-refractivity contribution is 6.30. The maximum Gasteiger partial charge on any atom is 0.271 e. The van der Waals surface area contributed by atoms with Crippen LogP contribution in [0, 0.1) is 0 Å². The SMILES string of the molecule is CNC(=O)c1c(NC)ncn1CC(O)Nc1cncc(-c2ccc(Cl)cc2)c1. The summed E-state index contributed by atoms with van der Waals surface area (Å²) in [6.45, 7) is 0.128. The van der Waals surface area contributed by atoms with Crippen LogP contribution in [-0.4, -0.2) is 45.9 Å². The van der Waals surface area contributed by atoms with Gasteiger partial charge in [-0.2, -0.15) is 0 Å². The molecule has 0 aliphatic rings. The van der Waals surface area contributed by atoms with Crippen molar-refractivity contribution in [3.63, 3.8) is 0 Å². The summed E-state index contributed by atoms with van der Waals surface area (Å²) >= 11 is 5.93. The van der Waals surface area contributed by atoms with Gasteiger partial charge in [0.2, 0.25) is 0 Å². The molecule has 0 bridgehead atoms. The highest BCUT2D eigenvalue weighted by Crippen LogP contribution is 2.23. The number of carbonyl (C=O) groups is 1. The Labute approximate surface area is 167 Å². The van der Waals surface area contributed by atoms with Gasteiger partial charge in [-0.15, -0.1) is 0 Å². The first-order valence-corrected chi connectivity index (χ1v) is 9.00. The quantitative estimate of drug-likeness (QED) is 0.454. The predicted octanol–water partition coefficient (Wildman–Crippen LogP) is 2.43. The Hall–Kier alpha value is -3.10. The molecule has 0 saturated heterocycles. The van der Waals surface area contributed by atoms with Crippen molar-refractivity contribution in [2.45, 2.75) is 12.8 Å². The molecule has 3 rings (SSSR count). The number of hydrogen-bond donors (Lipinski definition) is 4. The Bertz CT molecular complexity index is 957. The first-order chi connectivity index (χ1) is 13.5. The van der Waals surface area contributed by atoms with E-state index in [1.807, 2.05) is 30.3 Å². The Morgan fingerprint density at radius 1 is 1.21 bits per heavy atom. The minimum absolute atomic E-state index is 0.128. The van der Waals surface area contributed by atoms with E-state index in [1.165, 1.54) is 6.33 Å². The van der Waals surface area contributed by atoms with Gasteiger partial charge in [0.25, 0.3) is 5.91 Å². The molecule has 28 heavy (non-hydrogen) atoms. The second-order valence-corrected chi connectivity index (χ2v) is 6.49. The fourth-order valence-electron chi connectivity index (χ4n) is 2.80. The normalized spacial score (nSPS) is 11.7. The highest BCUT2D eigenvalue weighted by atomic mass is 35.5. The third-order valence-corrected chi connectivity index (χ3v) is 4.39. The van der Waals surface area contributed by atoms with E-state index < -0.39 is 6.23 Å². The van der Waals surface area contributed by atoms with Crippen molar-refractivity contribution in [3.8, 4) is 11.1 Å². The van der Waals surface area contributed by atoms with Gasteiger partial charge in [-0.3, -0.25) is 9.78 Å². The highest BCUT2D eigenvalue weighted by Gasteiger charge is 2.19. The molecule has 0 aliphatic heterocycles. The van der Waals surface area contributed by atoms with Gasteiger partial charge in [-0.1, -0.05) is 23.7 Å². The van der Waals surface area contributed by atoms with Crippen LogP contribution < -0.4 is 16.0 Å². The minimum atomic E-state index is -0.954. The summed E-state index contributed by atoms with van der Waals surface area (Å²) in [6.07, 6.45) is 3.91. The third-order valence-electron chi connectivity index (χ3n) is 4.14. The van der Waals surface area contributed by atoms with Crippen LogP contribution in [0.1, 0.15) is 10.5 Å². The van der Waals surface area contributed by atoms with E-state index >= 15 is 0 Å². The Morgan fingerprint density at radius 2 is 1.96 bits per heavy atom. The second kappa shape index (κ2) is 8.73. The number of imidazole rings is 1. The van der Waals surface area contributed by atoms with Crippen molar-refractivity contribution in [3.05, 3.63) is 59.8 Å². The zero-order chi connectivity index (χ0) is 20.1. The molecule has 1 unspecified atom stereocenters. The fraction of sp³-hybridized carbons (Fsp3) is 0.211. The van der Waals surface area contributed by atoms with Crippen molar-refractivity contribution < 1.29 is 9.90 Å². The van der Waals surface area contributed by atoms with Crippen LogP contribution in [0.25, 0.3) is 11.1 Å². The smallest absolute Gasteiger partial charge is 0.271 e. The summed E-state index contributed by atoms with van der Waals surface area (Å²) in [5, 5.41) is 19.6. The van der Waals surface area contributed by atoms with Gasteiger partial charge >= 0.3 is 0 Å². The first kappa shape index (κ1) is 19.7. The standard InChI is InChI=1S/C19H21ClN6O2/c1-21-18-17(19(28)22-2)26(11-24-18)10-16(27)25-15-7-13(8-23-9-15)12-3-5-14(20)6-4-12/h3-9,11,16,21,25,27H,10H2,1-2H3,(H,22,28). The molecule has 2 aromatic heterocycles.